The number of rotatable bonds is 4. The first-order valence-electron chi connectivity index (χ1n) is 6.49. The van der Waals surface area contributed by atoms with Crippen molar-refractivity contribution < 1.29 is 0 Å². The molecule has 1 N–H and O–H groups in total. The lowest BCUT2D eigenvalue weighted by Crippen LogP contribution is -2.16. The van der Waals surface area contributed by atoms with Gasteiger partial charge in [-0.25, -0.2) is 0 Å². The van der Waals surface area contributed by atoms with Crippen molar-refractivity contribution in [2.45, 2.75) is 27.3 Å². The molecule has 0 fully saturated rings. The number of aromatic nitrogens is 2. The maximum Gasteiger partial charge on any atom is 0.0674 e. The normalized spacial score (nSPS) is 11.0. The minimum Gasteiger partial charge on any atom is -0.318 e. The predicted octanol–water partition coefficient (Wildman–Crippen LogP) is 3.46. The molecule has 4 heteroatoms. The SMILES string of the molecule is CNCCn1nc(C)c(-c2ccc(Br)c(C)c2)c1C. The van der Waals surface area contributed by atoms with Crippen molar-refractivity contribution >= 4 is 15.9 Å². The summed E-state index contributed by atoms with van der Waals surface area (Å²) in [4.78, 5) is 0. The number of nitrogens with one attached hydrogen (secondary N) is 1. The number of aryl methyl sites for hydroxylation is 2. The van der Waals surface area contributed by atoms with Gasteiger partial charge in [0.2, 0.25) is 0 Å². The molecule has 0 bridgehead atoms. The number of hydrogen-bond donors (Lipinski definition) is 1. The molecule has 1 aromatic heterocycles. The van der Waals surface area contributed by atoms with E-state index >= 15 is 0 Å². The second-order valence-corrected chi connectivity index (χ2v) is 5.69. The molecular weight excluding hydrogens is 302 g/mol. The fourth-order valence-corrected chi connectivity index (χ4v) is 2.60. The number of benzene rings is 1. The van der Waals surface area contributed by atoms with Gasteiger partial charge in [-0.1, -0.05) is 28.1 Å². The molecule has 0 aliphatic rings. The Morgan fingerprint density at radius 1 is 1.26 bits per heavy atom. The third kappa shape index (κ3) is 2.90. The Bertz CT molecular complexity index is 587. The molecule has 0 spiro atoms. The molecule has 0 atom stereocenters. The van der Waals surface area contributed by atoms with Gasteiger partial charge in [0.05, 0.1) is 12.2 Å². The van der Waals surface area contributed by atoms with Crippen LogP contribution in [0.3, 0.4) is 0 Å². The van der Waals surface area contributed by atoms with Gasteiger partial charge in [0.15, 0.2) is 0 Å². The van der Waals surface area contributed by atoms with Crippen LogP contribution in [0, 0.1) is 20.8 Å². The fourth-order valence-electron chi connectivity index (χ4n) is 2.35. The second-order valence-electron chi connectivity index (χ2n) is 4.84. The molecule has 1 heterocycles. The number of halogens is 1. The van der Waals surface area contributed by atoms with Crippen molar-refractivity contribution in [2.75, 3.05) is 13.6 Å². The van der Waals surface area contributed by atoms with Crippen LogP contribution in [0.2, 0.25) is 0 Å². The predicted molar refractivity (Wildman–Crippen MR) is 83.5 cm³/mol. The topological polar surface area (TPSA) is 29.9 Å². The van der Waals surface area contributed by atoms with Gasteiger partial charge in [-0.15, -0.1) is 0 Å². The maximum absolute atomic E-state index is 4.64. The van der Waals surface area contributed by atoms with Crippen molar-refractivity contribution in [3.63, 3.8) is 0 Å². The van der Waals surface area contributed by atoms with E-state index in [1.807, 2.05) is 7.05 Å². The first-order chi connectivity index (χ1) is 9.04. The molecule has 0 saturated heterocycles. The van der Waals surface area contributed by atoms with Crippen molar-refractivity contribution in [2.24, 2.45) is 0 Å². The summed E-state index contributed by atoms with van der Waals surface area (Å²) in [6, 6.07) is 6.47. The molecule has 2 aromatic rings. The third-order valence-electron chi connectivity index (χ3n) is 3.40. The average molecular weight is 322 g/mol. The number of hydrogen-bond acceptors (Lipinski definition) is 2. The van der Waals surface area contributed by atoms with Crippen LogP contribution in [0.15, 0.2) is 22.7 Å². The lowest BCUT2D eigenvalue weighted by atomic mass is 10.0. The first-order valence-corrected chi connectivity index (χ1v) is 7.29. The van der Waals surface area contributed by atoms with E-state index in [0.717, 1.165) is 23.3 Å². The highest BCUT2D eigenvalue weighted by Crippen LogP contribution is 2.29. The molecule has 102 valence electrons. The van der Waals surface area contributed by atoms with E-state index in [9.17, 15) is 0 Å². The van der Waals surface area contributed by atoms with Crippen molar-refractivity contribution in [1.82, 2.24) is 15.1 Å². The smallest absolute Gasteiger partial charge is 0.0674 e. The minimum absolute atomic E-state index is 0.901. The van der Waals surface area contributed by atoms with Gasteiger partial charge in [-0.05, 0) is 45.0 Å². The standard InChI is InChI=1S/C15H20BrN3/c1-10-9-13(5-6-14(10)16)15-11(2)18-19(12(15)3)8-7-17-4/h5-6,9,17H,7-8H2,1-4H3. The maximum atomic E-state index is 4.64. The third-order valence-corrected chi connectivity index (χ3v) is 4.29. The van der Waals surface area contributed by atoms with E-state index in [2.05, 4.69) is 70.0 Å². The zero-order valence-electron chi connectivity index (χ0n) is 11.9. The van der Waals surface area contributed by atoms with Crippen LogP contribution in [0.25, 0.3) is 11.1 Å². The molecule has 0 amide bonds. The molecule has 0 radical (unpaired) electrons. The summed E-state index contributed by atoms with van der Waals surface area (Å²) in [6.45, 7) is 8.17. The van der Waals surface area contributed by atoms with Gasteiger partial charge in [-0.3, -0.25) is 4.68 Å². The summed E-state index contributed by atoms with van der Waals surface area (Å²) < 4.78 is 3.23. The van der Waals surface area contributed by atoms with Gasteiger partial charge in [-0.2, -0.15) is 5.10 Å². The van der Waals surface area contributed by atoms with Crippen LogP contribution in [0.4, 0.5) is 0 Å². The first kappa shape index (κ1) is 14.3. The molecule has 0 aliphatic heterocycles. The highest BCUT2D eigenvalue weighted by Gasteiger charge is 2.13. The van der Waals surface area contributed by atoms with Crippen LogP contribution in [-0.2, 0) is 6.54 Å². The van der Waals surface area contributed by atoms with Gasteiger partial charge in [0.25, 0.3) is 0 Å². The van der Waals surface area contributed by atoms with E-state index in [4.69, 9.17) is 0 Å². The molecular formula is C15H20BrN3. The minimum atomic E-state index is 0.901. The Balaban J connectivity index is 2.44. The molecule has 19 heavy (non-hydrogen) atoms. The molecule has 3 nitrogen and oxygen atoms in total. The molecule has 0 aliphatic carbocycles. The van der Waals surface area contributed by atoms with E-state index < -0.39 is 0 Å². The van der Waals surface area contributed by atoms with Crippen molar-refractivity contribution in [1.29, 1.82) is 0 Å². The second kappa shape index (κ2) is 5.88. The van der Waals surface area contributed by atoms with Crippen LogP contribution < -0.4 is 5.32 Å². The monoisotopic (exact) mass is 321 g/mol. The fraction of sp³-hybridized carbons (Fsp3) is 0.400. The van der Waals surface area contributed by atoms with Crippen molar-refractivity contribution in [3.05, 3.63) is 39.6 Å². The Kier molecular flexibility index (Phi) is 4.42. The zero-order chi connectivity index (χ0) is 14.0. The highest BCUT2D eigenvalue weighted by molar-refractivity contribution is 9.10. The summed E-state index contributed by atoms with van der Waals surface area (Å²) in [5.41, 5.74) is 6.07. The lowest BCUT2D eigenvalue weighted by Gasteiger charge is -2.07. The summed E-state index contributed by atoms with van der Waals surface area (Å²) >= 11 is 3.55. The zero-order valence-corrected chi connectivity index (χ0v) is 13.5. The van der Waals surface area contributed by atoms with E-state index in [1.54, 1.807) is 0 Å². The van der Waals surface area contributed by atoms with Gasteiger partial charge >= 0.3 is 0 Å². The number of likely N-dealkylation sites (N-methyl/N-ethyl adjacent to an activating group) is 1. The van der Waals surface area contributed by atoms with Crippen LogP contribution in [0.1, 0.15) is 17.0 Å². The van der Waals surface area contributed by atoms with E-state index in [-0.39, 0.29) is 0 Å². The van der Waals surface area contributed by atoms with Crippen molar-refractivity contribution in [3.8, 4) is 11.1 Å². The summed E-state index contributed by atoms with van der Waals surface area (Å²) in [5, 5.41) is 7.80. The molecule has 2 rings (SSSR count). The highest BCUT2D eigenvalue weighted by atomic mass is 79.9. The summed E-state index contributed by atoms with van der Waals surface area (Å²) in [7, 11) is 1.96. The Labute approximate surface area is 123 Å². The molecule has 0 saturated carbocycles. The van der Waals surface area contributed by atoms with Crippen LogP contribution in [0.5, 0.6) is 0 Å². The van der Waals surface area contributed by atoms with E-state index in [0.29, 0.717) is 0 Å². The van der Waals surface area contributed by atoms with Gasteiger partial charge in [0.1, 0.15) is 0 Å². The summed E-state index contributed by atoms with van der Waals surface area (Å²) in [6.07, 6.45) is 0. The largest absolute Gasteiger partial charge is 0.318 e. The van der Waals surface area contributed by atoms with Crippen LogP contribution >= 0.6 is 15.9 Å². The number of nitrogens with zero attached hydrogens (tertiary/aromatic N) is 2. The average Bonchev–Trinajstić information content (AvgIpc) is 2.65. The Morgan fingerprint density at radius 2 is 2.00 bits per heavy atom. The van der Waals surface area contributed by atoms with Gasteiger partial charge in [0, 0.05) is 22.3 Å². The summed E-state index contributed by atoms with van der Waals surface area (Å²) in [5.74, 6) is 0. The van der Waals surface area contributed by atoms with Crippen LogP contribution in [-0.4, -0.2) is 23.4 Å². The Hall–Kier alpha value is -1.13. The molecule has 1 aromatic carbocycles. The molecule has 0 unspecified atom stereocenters. The van der Waals surface area contributed by atoms with Gasteiger partial charge < -0.3 is 5.32 Å². The Morgan fingerprint density at radius 3 is 2.63 bits per heavy atom. The quantitative estimate of drug-likeness (QED) is 0.934. The van der Waals surface area contributed by atoms with E-state index in [1.165, 1.54) is 22.4 Å². The lowest BCUT2D eigenvalue weighted by molar-refractivity contribution is 0.569.